The van der Waals surface area contributed by atoms with E-state index in [1.807, 2.05) is 24.3 Å². The topological polar surface area (TPSA) is 63.7 Å². The molecule has 1 N–H and O–H groups in total. The number of rotatable bonds is 5. The van der Waals surface area contributed by atoms with Gasteiger partial charge >= 0.3 is 0 Å². The van der Waals surface area contributed by atoms with Crippen LogP contribution in [-0.2, 0) is 13.1 Å². The standard InChI is InChI=1S/C17H19N3O3/c1-20-10-12-6-7-18-16(15(12)17(20)21)19-9-11-4-5-13(22-2)8-14(11)23-3/h4-8H,9-10H2,1-3H3,(H,18,19). The number of benzene rings is 1. The van der Waals surface area contributed by atoms with Crippen molar-refractivity contribution in [3.8, 4) is 11.5 Å². The Hall–Kier alpha value is -2.76. The first-order valence-corrected chi connectivity index (χ1v) is 7.32. The second-order valence-electron chi connectivity index (χ2n) is 5.39. The normalized spacial score (nSPS) is 13.0. The van der Waals surface area contributed by atoms with Gasteiger partial charge in [-0.1, -0.05) is 0 Å². The first-order valence-electron chi connectivity index (χ1n) is 7.32. The van der Waals surface area contributed by atoms with Crippen LogP contribution in [0, 0.1) is 0 Å². The van der Waals surface area contributed by atoms with Crippen molar-refractivity contribution in [2.24, 2.45) is 0 Å². The number of carbonyl (C=O) groups is 1. The highest BCUT2D eigenvalue weighted by Crippen LogP contribution is 2.29. The molecule has 23 heavy (non-hydrogen) atoms. The number of nitrogens with zero attached hydrogens (tertiary/aromatic N) is 2. The molecule has 1 aliphatic rings. The largest absolute Gasteiger partial charge is 0.497 e. The molecule has 0 unspecified atom stereocenters. The Balaban J connectivity index is 1.83. The fraction of sp³-hybridized carbons (Fsp3) is 0.294. The van der Waals surface area contributed by atoms with Crippen molar-refractivity contribution in [3.63, 3.8) is 0 Å². The number of hydrogen-bond donors (Lipinski definition) is 1. The van der Waals surface area contributed by atoms with Crippen molar-refractivity contribution in [3.05, 3.63) is 47.2 Å². The van der Waals surface area contributed by atoms with Crippen molar-refractivity contribution in [2.45, 2.75) is 13.1 Å². The molecule has 0 aliphatic carbocycles. The summed E-state index contributed by atoms with van der Waals surface area (Å²) in [6.45, 7) is 1.13. The van der Waals surface area contributed by atoms with E-state index >= 15 is 0 Å². The highest BCUT2D eigenvalue weighted by atomic mass is 16.5. The fourth-order valence-corrected chi connectivity index (χ4v) is 2.70. The van der Waals surface area contributed by atoms with Crippen LogP contribution in [0.2, 0.25) is 0 Å². The molecule has 0 bridgehead atoms. The first-order chi connectivity index (χ1) is 11.1. The number of aromatic nitrogens is 1. The van der Waals surface area contributed by atoms with Gasteiger partial charge in [0.25, 0.3) is 5.91 Å². The minimum absolute atomic E-state index is 0.00250. The molecule has 120 valence electrons. The van der Waals surface area contributed by atoms with Gasteiger partial charge in [0.15, 0.2) is 0 Å². The van der Waals surface area contributed by atoms with E-state index in [0.29, 0.717) is 24.5 Å². The summed E-state index contributed by atoms with van der Waals surface area (Å²) in [4.78, 5) is 18.2. The van der Waals surface area contributed by atoms with Crippen molar-refractivity contribution < 1.29 is 14.3 Å². The summed E-state index contributed by atoms with van der Waals surface area (Å²) in [6, 6.07) is 7.53. The second-order valence-corrected chi connectivity index (χ2v) is 5.39. The molecule has 0 fully saturated rings. The molecule has 0 atom stereocenters. The number of pyridine rings is 1. The Morgan fingerprint density at radius 3 is 2.83 bits per heavy atom. The lowest BCUT2D eigenvalue weighted by Crippen LogP contribution is -2.18. The van der Waals surface area contributed by atoms with Crippen LogP contribution >= 0.6 is 0 Å². The average Bonchev–Trinajstić information content (AvgIpc) is 2.87. The predicted octanol–water partition coefficient (Wildman–Crippen LogP) is 2.30. The van der Waals surface area contributed by atoms with Crippen LogP contribution in [0.25, 0.3) is 0 Å². The highest BCUT2D eigenvalue weighted by Gasteiger charge is 2.28. The van der Waals surface area contributed by atoms with Gasteiger partial charge in [-0.15, -0.1) is 0 Å². The Kier molecular flexibility index (Phi) is 4.06. The van der Waals surface area contributed by atoms with Crippen LogP contribution in [0.4, 0.5) is 5.82 Å². The lowest BCUT2D eigenvalue weighted by molar-refractivity contribution is 0.0817. The van der Waals surface area contributed by atoms with Crippen molar-refractivity contribution >= 4 is 11.7 Å². The molecule has 2 aromatic rings. The highest BCUT2D eigenvalue weighted by molar-refractivity contribution is 6.02. The summed E-state index contributed by atoms with van der Waals surface area (Å²) >= 11 is 0. The number of ether oxygens (including phenoxy) is 2. The minimum atomic E-state index is -0.00250. The first kappa shape index (κ1) is 15.1. The maximum atomic E-state index is 12.2. The van der Waals surface area contributed by atoms with E-state index in [9.17, 15) is 4.79 Å². The minimum Gasteiger partial charge on any atom is -0.497 e. The number of nitrogens with one attached hydrogen (secondary N) is 1. The number of carbonyl (C=O) groups excluding carboxylic acids is 1. The Bertz CT molecular complexity index is 746. The quantitative estimate of drug-likeness (QED) is 0.917. The van der Waals surface area contributed by atoms with Crippen LogP contribution in [0.15, 0.2) is 30.5 Å². The molecule has 1 aromatic carbocycles. The summed E-state index contributed by atoms with van der Waals surface area (Å²) in [7, 11) is 5.03. The zero-order valence-electron chi connectivity index (χ0n) is 13.4. The maximum absolute atomic E-state index is 12.2. The molecular weight excluding hydrogens is 294 g/mol. The van der Waals surface area contributed by atoms with Crippen LogP contribution < -0.4 is 14.8 Å². The smallest absolute Gasteiger partial charge is 0.257 e. The maximum Gasteiger partial charge on any atom is 0.257 e. The molecule has 6 heteroatoms. The fourth-order valence-electron chi connectivity index (χ4n) is 2.70. The van der Waals surface area contributed by atoms with Gasteiger partial charge in [0, 0.05) is 38.0 Å². The van der Waals surface area contributed by atoms with Crippen molar-refractivity contribution in [2.75, 3.05) is 26.6 Å². The van der Waals surface area contributed by atoms with Gasteiger partial charge < -0.3 is 19.7 Å². The number of hydrogen-bond acceptors (Lipinski definition) is 5. The summed E-state index contributed by atoms with van der Waals surface area (Å²) < 4.78 is 10.6. The SMILES string of the molecule is COc1ccc(CNc2nccc3c2C(=O)N(C)C3)c(OC)c1. The number of fused-ring (bicyclic) bond motifs is 1. The van der Waals surface area contributed by atoms with Crippen LogP contribution in [0.1, 0.15) is 21.5 Å². The monoisotopic (exact) mass is 313 g/mol. The molecule has 0 radical (unpaired) electrons. The Morgan fingerprint density at radius 2 is 2.09 bits per heavy atom. The van der Waals surface area contributed by atoms with Crippen LogP contribution in [0.5, 0.6) is 11.5 Å². The third kappa shape index (κ3) is 2.79. The molecule has 0 saturated heterocycles. The zero-order valence-corrected chi connectivity index (χ0v) is 13.4. The predicted molar refractivity (Wildman–Crippen MR) is 86.9 cm³/mol. The summed E-state index contributed by atoms with van der Waals surface area (Å²) in [5, 5.41) is 3.25. The van der Waals surface area contributed by atoms with E-state index in [2.05, 4.69) is 10.3 Å². The van der Waals surface area contributed by atoms with E-state index in [1.165, 1.54) is 0 Å². The molecule has 6 nitrogen and oxygen atoms in total. The Labute approximate surface area is 135 Å². The van der Waals surface area contributed by atoms with Gasteiger partial charge in [-0.2, -0.15) is 0 Å². The number of amides is 1. The van der Waals surface area contributed by atoms with Gasteiger partial charge in [-0.3, -0.25) is 4.79 Å². The lowest BCUT2D eigenvalue weighted by Gasteiger charge is -2.13. The van der Waals surface area contributed by atoms with Gasteiger partial charge in [0.05, 0.1) is 19.8 Å². The molecule has 1 aliphatic heterocycles. The van der Waals surface area contributed by atoms with E-state index in [-0.39, 0.29) is 5.91 Å². The molecule has 0 saturated carbocycles. The van der Waals surface area contributed by atoms with Crippen LogP contribution in [-0.4, -0.2) is 37.1 Å². The third-order valence-electron chi connectivity index (χ3n) is 3.95. The number of anilines is 1. The molecule has 1 amide bonds. The molecule has 2 heterocycles. The van der Waals surface area contributed by atoms with Crippen LogP contribution in [0.3, 0.4) is 0 Å². The van der Waals surface area contributed by atoms with E-state index in [4.69, 9.17) is 9.47 Å². The second kappa shape index (κ2) is 6.16. The van der Waals surface area contributed by atoms with Gasteiger partial charge in [-0.05, 0) is 23.8 Å². The average molecular weight is 313 g/mol. The molecule has 0 spiro atoms. The van der Waals surface area contributed by atoms with Gasteiger partial charge in [0.2, 0.25) is 0 Å². The molecule has 3 rings (SSSR count). The molecular formula is C17H19N3O3. The third-order valence-corrected chi connectivity index (χ3v) is 3.95. The summed E-state index contributed by atoms with van der Waals surface area (Å²) in [6.07, 6.45) is 1.72. The summed E-state index contributed by atoms with van der Waals surface area (Å²) in [5.74, 6) is 2.07. The summed E-state index contributed by atoms with van der Waals surface area (Å²) in [5.41, 5.74) is 2.62. The van der Waals surface area contributed by atoms with Crippen molar-refractivity contribution in [1.29, 1.82) is 0 Å². The Morgan fingerprint density at radius 1 is 1.26 bits per heavy atom. The zero-order chi connectivity index (χ0) is 16.4. The van der Waals surface area contributed by atoms with E-state index in [1.54, 1.807) is 32.4 Å². The molecule has 1 aromatic heterocycles. The van der Waals surface area contributed by atoms with Gasteiger partial charge in [0.1, 0.15) is 17.3 Å². The van der Waals surface area contributed by atoms with Crippen molar-refractivity contribution in [1.82, 2.24) is 9.88 Å². The lowest BCUT2D eigenvalue weighted by atomic mass is 10.1. The van der Waals surface area contributed by atoms with E-state index in [0.717, 1.165) is 22.6 Å². The van der Waals surface area contributed by atoms with E-state index < -0.39 is 0 Å². The number of methoxy groups -OCH3 is 2. The van der Waals surface area contributed by atoms with Gasteiger partial charge in [-0.25, -0.2) is 4.98 Å².